The Morgan fingerprint density at radius 2 is 2.36 bits per heavy atom. The molecular weight excluding hydrogens is 238 g/mol. The first-order chi connectivity index (χ1) is 9.66. The predicted molar refractivity (Wildman–Crippen MR) is 63.6 cm³/mol. The number of nitrogens with one attached hydrogen (secondary N) is 1. The first-order valence-corrected chi connectivity index (χ1v) is 4.94. The summed E-state index contributed by atoms with van der Waals surface area (Å²) in [5.41, 5.74) is 0.673. The van der Waals surface area contributed by atoms with Crippen molar-refractivity contribution in [3.05, 3.63) is 41.5 Å². The molecule has 14 heavy (non-hydrogen) atoms. The SMILES string of the molecule is [2H]C1=C([2H])c2[nH]c3c([2H])c([2H])c([2H])c([2H])c3c2C([2H])(Br)C1. The number of alkyl halides is 1. The van der Waals surface area contributed by atoms with Gasteiger partial charge in [-0.1, -0.05) is 40.1 Å². The van der Waals surface area contributed by atoms with Gasteiger partial charge in [0.1, 0.15) is 0 Å². The van der Waals surface area contributed by atoms with Gasteiger partial charge in [0.15, 0.2) is 0 Å². The minimum atomic E-state index is -1.39. The number of allylic oxidation sites excluding steroid dienone is 1. The number of aromatic amines is 1. The van der Waals surface area contributed by atoms with Gasteiger partial charge in [0.05, 0.1) is 8.22 Å². The summed E-state index contributed by atoms with van der Waals surface area (Å²) in [6.07, 6.45) is -0.0332. The molecule has 1 atom stereocenters. The lowest BCUT2D eigenvalue weighted by Crippen LogP contribution is -1.94. The summed E-state index contributed by atoms with van der Waals surface area (Å²) in [7, 11) is 0. The summed E-state index contributed by atoms with van der Waals surface area (Å²) in [5, 5.41) is 0.208. The van der Waals surface area contributed by atoms with Crippen molar-refractivity contribution in [2.45, 2.75) is 11.2 Å². The number of H-pyrrole nitrogens is 1. The third kappa shape index (κ3) is 1.07. The van der Waals surface area contributed by atoms with E-state index in [1.54, 1.807) is 0 Å². The van der Waals surface area contributed by atoms with Crippen molar-refractivity contribution in [3.63, 3.8) is 0 Å². The summed E-state index contributed by atoms with van der Waals surface area (Å²) in [4.78, 5) is 1.41. The molecule has 0 saturated carbocycles. The standard InChI is InChI=1S/C12H10BrN/c13-9-5-3-7-11-12(9)8-4-1-2-6-10(8)14-11/h1-4,6-7,9,14H,5H2/i1D,2D,3D,4D,6D,7D,9D. The van der Waals surface area contributed by atoms with Crippen LogP contribution in [0.25, 0.3) is 17.0 Å². The van der Waals surface area contributed by atoms with E-state index in [-0.39, 0.29) is 59.3 Å². The van der Waals surface area contributed by atoms with Crippen LogP contribution in [0.2, 0.25) is 0 Å². The molecule has 0 fully saturated rings. The van der Waals surface area contributed by atoms with Crippen LogP contribution < -0.4 is 0 Å². The molecule has 1 N–H and O–H groups in total. The molecule has 1 aliphatic rings. The van der Waals surface area contributed by atoms with E-state index in [9.17, 15) is 0 Å². The fourth-order valence-corrected chi connectivity index (χ4v) is 2.11. The number of hydrogen-bond donors (Lipinski definition) is 1. The fraction of sp³-hybridized carbons (Fsp3) is 0.167. The van der Waals surface area contributed by atoms with E-state index in [2.05, 4.69) is 20.9 Å². The zero-order chi connectivity index (χ0) is 15.7. The molecule has 1 nitrogen and oxygen atoms in total. The zero-order valence-electron chi connectivity index (χ0n) is 14.1. The number of rotatable bonds is 0. The topological polar surface area (TPSA) is 15.8 Å². The molecule has 1 unspecified atom stereocenters. The smallest absolute Gasteiger partial charge is 0.0645 e. The Kier molecular flexibility index (Phi) is 0.823. The minimum absolute atomic E-state index is 0.0174. The highest BCUT2D eigenvalue weighted by molar-refractivity contribution is 9.09. The highest BCUT2D eigenvalue weighted by atomic mass is 79.9. The molecule has 1 aliphatic carbocycles. The average Bonchev–Trinajstić information content (AvgIpc) is 2.81. The van der Waals surface area contributed by atoms with E-state index in [1.807, 2.05) is 0 Å². The summed E-state index contributed by atoms with van der Waals surface area (Å²) < 4.78 is 55.5. The van der Waals surface area contributed by atoms with Crippen molar-refractivity contribution in [3.8, 4) is 0 Å². The van der Waals surface area contributed by atoms with E-state index < -0.39 is 4.80 Å². The zero-order valence-corrected chi connectivity index (χ0v) is 8.67. The number of fused-ring (bicyclic) bond motifs is 3. The van der Waals surface area contributed by atoms with Gasteiger partial charge >= 0.3 is 0 Å². The maximum absolute atomic E-state index is 8.32. The highest BCUT2D eigenvalue weighted by Crippen LogP contribution is 2.38. The molecule has 1 aromatic heterocycles. The van der Waals surface area contributed by atoms with Gasteiger partial charge in [0.25, 0.3) is 0 Å². The Balaban J connectivity index is 2.57. The largest absolute Gasteiger partial charge is 0.355 e. The first kappa shape index (κ1) is 3.86. The molecule has 0 spiro atoms. The lowest BCUT2D eigenvalue weighted by atomic mass is 10.0. The Labute approximate surface area is 101 Å². The van der Waals surface area contributed by atoms with Crippen LogP contribution in [0.15, 0.2) is 30.2 Å². The average molecular weight is 255 g/mol. The van der Waals surface area contributed by atoms with Gasteiger partial charge < -0.3 is 4.98 Å². The Morgan fingerprint density at radius 3 is 3.29 bits per heavy atom. The van der Waals surface area contributed by atoms with E-state index in [4.69, 9.17) is 9.60 Å². The van der Waals surface area contributed by atoms with Crippen molar-refractivity contribution in [2.24, 2.45) is 0 Å². The second-order valence-corrected chi connectivity index (χ2v) is 3.97. The van der Waals surface area contributed by atoms with E-state index in [0.29, 0.717) is 5.56 Å². The fourth-order valence-electron chi connectivity index (χ4n) is 1.57. The lowest BCUT2D eigenvalue weighted by molar-refractivity contribution is 0.980. The van der Waals surface area contributed by atoms with Gasteiger partial charge in [-0.05, 0) is 24.1 Å². The quantitative estimate of drug-likeness (QED) is 0.684. The maximum atomic E-state index is 8.32. The summed E-state index contributed by atoms with van der Waals surface area (Å²) >= 11 is 3.22. The Morgan fingerprint density at radius 1 is 1.50 bits per heavy atom. The number of para-hydroxylation sites is 1. The van der Waals surface area contributed by atoms with Crippen molar-refractivity contribution in [1.82, 2.24) is 4.98 Å². The monoisotopic (exact) mass is 254 g/mol. The van der Waals surface area contributed by atoms with E-state index in [1.165, 1.54) is 0 Å². The van der Waals surface area contributed by atoms with Crippen LogP contribution in [-0.4, -0.2) is 4.98 Å². The van der Waals surface area contributed by atoms with Crippen molar-refractivity contribution in [1.29, 1.82) is 0 Å². The molecule has 0 bridgehead atoms. The molecule has 2 heteroatoms. The highest BCUT2D eigenvalue weighted by Gasteiger charge is 2.18. The third-order valence-electron chi connectivity index (χ3n) is 2.17. The van der Waals surface area contributed by atoms with Crippen LogP contribution in [0.1, 0.15) is 32.1 Å². The molecule has 0 saturated heterocycles. The molecule has 0 amide bonds. The summed E-state index contributed by atoms with van der Waals surface area (Å²) in [6, 6.07) is -1.30. The Bertz CT molecular complexity index is 821. The maximum Gasteiger partial charge on any atom is 0.0645 e. The summed E-state index contributed by atoms with van der Waals surface area (Å²) in [6.45, 7) is 0. The van der Waals surface area contributed by atoms with Gasteiger partial charge in [0.2, 0.25) is 0 Å². The first-order valence-electron chi connectivity index (χ1n) is 7.65. The van der Waals surface area contributed by atoms with Crippen LogP contribution in [0, 0.1) is 0 Å². The molecule has 1 heterocycles. The number of hydrogen-bond acceptors (Lipinski definition) is 0. The van der Waals surface area contributed by atoms with Crippen LogP contribution in [0.5, 0.6) is 0 Å². The second-order valence-electron chi connectivity index (χ2n) is 3.01. The Hall–Kier alpha value is -1.02. The molecule has 3 rings (SSSR count). The van der Waals surface area contributed by atoms with E-state index >= 15 is 0 Å². The normalized spacial score (nSPS) is 33.6. The molecular formula is C12H10BrN. The van der Waals surface area contributed by atoms with Crippen LogP contribution in [0.3, 0.4) is 0 Å². The van der Waals surface area contributed by atoms with Crippen molar-refractivity contribution in [2.75, 3.05) is 0 Å². The number of benzene rings is 1. The van der Waals surface area contributed by atoms with Gasteiger partial charge in [-0.15, -0.1) is 0 Å². The molecule has 0 radical (unpaired) electrons. The predicted octanol–water partition coefficient (Wildman–Crippen LogP) is 4.02. The molecule has 1 aromatic carbocycles. The molecule has 70 valence electrons. The van der Waals surface area contributed by atoms with Gasteiger partial charge in [0, 0.05) is 22.8 Å². The van der Waals surface area contributed by atoms with Gasteiger partial charge in [-0.25, -0.2) is 0 Å². The van der Waals surface area contributed by atoms with Crippen LogP contribution >= 0.6 is 15.9 Å². The summed E-state index contributed by atoms with van der Waals surface area (Å²) in [5.74, 6) is 0. The van der Waals surface area contributed by atoms with Crippen LogP contribution in [-0.2, 0) is 0 Å². The second kappa shape index (κ2) is 2.99. The van der Waals surface area contributed by atoms with Crippen LogP contribution in [0.4, 0.5) is 0 Å². The van der Waals surface area contributed by atoms with Crippen molar-refractivity contribution < 1.29 is 9.60 Å². The van der Waals surface area contributed by atoms with Gasteiger partial charge in [-0.3, -0.25) is 0 Å². The third-order valence-corrected chi connectivity index (χ3v) is 2.84. The lowest BCUT2D eigenvalue weighted by Gasteiger charge is -2.11. The molecule has 2 aromatic rings. The van der Waals surface area contributed by atoms with Crippen molar-refractivity contribution >= 4 is 32.9 Å². The molecule has 0 aliphatic heterocycles. The number of aromatic nitrogens is 1. The van der Waals surface area contributed by atoms with Gasteiger partial charge in [-0.2, -0.15) is 0 Å². The minimum Gasteiger partial charge on any atom is -0.355 e. The number of halogens is 1. The van der Waals surface area contributed by atoms with E-state index in [0.717, 1.165) is 0 Å².